The summed E-state index contributed by atoms with van der Waals surface area (Å²) in [5.74, 6) is 0. The maximum absolute atomic E-state index is 11.8. The van der Waals surface area contributed by atoms with Crippen LogP contribution in [-0.2, 0) is 4.74 Å². The van der Waals surface area contributed by atoms with Crippen LogP contribution in [0.4, 0.5) is 20.2 Å². The summed E-state index contributed by atoms with van der Waals surface area (Å²) in [6, 6.07) is 2.42. The van der Waals surface area contributed by atoms with E-state index in [-0.39, 0.29) is 34.6 Å². The van der Waals surface area contributed by atoms with E-state index in [4.69, 9.17) is 23.2 Å². The third-order valence-corrected chi connectivity index (χ3v) is 2.76. The molecule has 106 valence electrons. The van der Waals surface area contributed by atoms with Gasteiger partial charge in [-0.3, -0.25) is 10.1 Å². The molecule has 0 atom stereocenters. The maximum Gasteiger partial charge on any atom is 0.293 e. The molecule has 1 aromatic carbocycles. The third kappa shape index (κ3) is 5.14. The Labute approximate surface area is 117 Å². The smallest absolute Gasteiger partial charge is 0.293 e. The van der Waals surface area contributed by atoms with E-state index in [9.17, 15) is 18.9 Å². The summed E-state index contributed by atoms with van der Waals surface area (Å²) in [6.07, 6.45) is -2.54. The average Bonchev–Trinajstić information content (AvgIpc) is 2.32. The number of rotatable bonds is 7. The van der Waals surface area contributed by atoms with Gasteiger partial charge < -0.3 is 10.1 Å². The van der Waals surface area contributed by atoms with Crippen LogP contribution >= 0.6 is 23.2 Å². The van der Waals surface area contributed by atoms with Crippen LogP contribution in [-0.4, -0.2) is 31.1 Å². The summed E-state index contributed by atoms with van der Waals surface area (Å²) < 4.78 is 28.2. The molecule has 0 bridgehead atoms. The predicted molar refractivity (Wildman–Crippen MR) is 68.4 cm³/mol. The van der Waals surface area contributed by atoms with Crippen LogP contribution in [0.1, 0.15) is 0 Å². The summed E-state index contributed by atoms with van der Waals surface area (Å²) in [6.45, 7) is -0.557. The second-order valence-corrected chi connectivity index (χ2v) is 4.25. The summed E-state index contributed by atoms with van der Waals surface area (Å²) in [5.41, 5.74) is -0.0942. The lowest BCUT2D eigenvalue weighted by molar-refractivity contribution is -0.383. The van der Waals surface area contributed by atoms with E-state index < -0.39 is 18.0 Å². The molecule has 0 aliphatic heterocycles. The van der Waals surface area contributed by atoms with Crippen LogP contribution in [0, 0.1) is 10.1 Å². The predicted octanol–water partition coefficient (Wildman–Crippen LogP) is 3.60. The summed E-state index contributed by atoms with van der Waals surface area (Å²) in [4.78, 5) is 10.2. The Hall–Kier alpha value is -1.18. The summed E-state index contributed by atoms with van der Waals surface area (Å²) in [5, 5.41) is 13.7. The Bertz CT molecular complexity index is 461. The molecular weight excluding hydrogens is 305 g/mol. The molecule has 1 rings (SSSR count). The van der Waals surface area contributed by atoms with Crippen LogP contribution in [0.15, 0.2) is 12.1 Å². The van der Waals surface area contributed by atoms with Gasteiger partial charge in [0.2, 0.25) is 0 Å². The fourth-order valence-corrected chi connectivity index (χ4v) is 1.58. The second-order valence-electron chi connectivity index (χ2n) is 3.43. The minimum atomic E-state index is -2.54. The zero-order chi connectivity index (χ0) is 14.4. The van der Waals surface area contributed by atoms with Gasteiger partial charge in [-0.15, -0.1) is 0 Å². The molecule has 0 saturated carbocycles. The quantitative estimate of drug-likeness (QED) is 0.474. The van der Waals surface area contributed by atoms with Gasteiger partial charge in [0.05, 0.1) is 21.6 Å². The van der Waals surface area contributed by atoms with E-state index in [0.29, 0.717) is 0 Å². The maximum atomic E-state index is 11.8. The van der Waals surface area contributed by atoms with Crippen molar-refractivity contribution in [2.24, 2.45) is 0 Å². The van der Waals surface area contributed by atoms with Gasteiger partial charge in [0.1, 0.15) is 12.3 Å². The molecular formula is C10H10Cl2F2N2O3. The molecule has 19 heavy (non-hydrogen) atoms. The van der Waals surface area contributed by atoms with Crippen molar-refractivity contribution in [2.75, 3.05) is 25.1 Å². The van der Waals surface area contributed by atoms with Crippen LogP contribution < -0.4 is 5.32 Å². The van der Waals surface area contributed by atoms with Crippen molar-refractivity contribution < 1.29 is 18.4 Å². The molecule has 5 nitrogen and oxygen atoms in total. The first-order valence-corrected chi connectivity index (χ1v) is 5.90. The normalized spacial score (nSPS) is 10.8. The van der Waals surface area contributed by atoms with Crippen molar-refractivity contribution in [3.63, 3.8) is 0 Å². The fraction of sp³-hybridized carbons (Fsp3) is 0.400. The zero-order valence-electron chi connectivity index (χ0n) is 9.54. The monoisotopic (exact) mass is 314 g/mol. The van der Waals surface area contributed by atoms with Crippen LogP contribution in [0.3, 0.4) is 0 Å². The Morgan fingerprint density at radius 1 is 1.37 bits per heavy atom. The lowest BCUT2D eigenvalue weighted by Crippen LogP contribution is -2.13. The average molecular weight is 315 g/mol. The first-order valence-electron chi connectivity index (χ1n) is 5.15. The number of benzene rings is 1. The first kappa shape index (κ1) is 15.9. The van der Waals surface area contributed by atoms with Crippen LogP contribution in [0.25, 0.3) is 0 Å². The number of nitro groups is 1. The highest BCUT2D eigenvalue weighted by molar-refractivity contribution is 6.42. The van der Waals surface area contributed by atoms with Crippen molar-refractivity contribution in [2.45, 2.75) is 6.43 Å². The van der Waals surface area contributed by atoms with E-state index in [1.165, 1.54) is 6.07 Å². The minimum Gasteiger partial charge on any atom is -0.377 e. The molecule has 0 unspecified atom stereocenters. The van der Waals surface area contributed by atoms with Crippen molar-refractivity contribution in [3.05, 3.63) is 32.3 Å². The summed E-state index contributed by atoms with van der Waals surface area (Å²) >= 11 is 11.4. The Morgan fingerprint density at radius 2 is 2.00 bits per heavy atom. The molecule has 1 aromatic rings. The second kappa shape index (κ2) is 7.42. The molecule has 0 aromatic heterocycles. The Kier molecular flexibility index (Phi) is 6.20. The van der Waals surface area contributed by atoms with E-state index in [1.807, 2.05) is 0 Å². The largest absolute Gasteiger partial charge is 0.377 e. The standard InChI is InChI=1S/C10H10Cl2F2N2O3/c11-6-3-8(9(16(17)18)4-7(6)12)15-1-2-19-5-10(13)14/h3-4,10,15H,1-2,5H2. The zero-order valence-corrected chi connectivity index (χ0v) is 11.0. The molecule has 1 N–H and O–H groups in total. The number of hydrogen-bond donors (Lipinski definition) is 1. The number of anilines is 1. The summed E-state index contributed by atoms with van der Waals surface area (Å²) in [7, 11) is 0. The highest BCUT2D eigenvalue weighted by Gasteiger charge is 2.16. The molecule has 0 aliphatic carbocycles. The van der Waals surface area contributed by atoms with Gasteiger partial charge in [0.15, 0.2) is 0 Å². The van der Waals surface area contributed by atoms with Crippen LogP contribution in [0.5, 0.6) is 0 Å². The van der Waals surface area contributed by atoms with E-state index in [2.05, 4.69) is 10.1 Å². The van der Waals surface area contributed by atoms with Gasteiger partial charge >= 0.3 is 0 Å². The van der Waals surface area contributed by atoms with Gasteiger partial charge in [0.25, 0.3) is 12.1 Å². The number of halogens is 4. The van der Waals surface area contributed by atoms with Crippen molar-refractivity contribution in [3.8, 4) is 0 Å². The van der Waals surface area contributed by atoms with E-state index in [1.54, 1.807) is 0 Å². The molecule has 0 heterocycles. The molecule has 0 fully saturated rings. The molecule has 9 heteroatoms. The Morgan fingerprint density at radius 3 is 2.58 bits per heavy atom. The highest BCUT2D eigenvalue weighted by atomic mass is 35.5. The highest BCUT2D eigenvalue weighted by Crippen LogP contribution is 2.33. The number of hydrogen-bond acceptors (Lipinski definition) is 4. The van der Waals surface area contributed by atoms with Gasteiger partial charge in [-0.1, -0.05) is 23.2 Å². The topological polar surface area (TPSA) is 64.4 Å². The lowest BCUT2D eigenvalue weighted by Gasteiger charge is -2.09. The van der Waals surface area contributed by atoms with Gasteiger partial charge in [-0.2, -0.15) is 0 Å². The number of nitrogens with zero attached hydrogens (tertiary/aromatic N) is 1. The molecule has 0 radical (unpaired) electrons. The molecule has 0 aliphatic rings. The first-order chi connectivity index (χ1) is 8.91. The SMILES string of the molecule is O=[N+]([O-])c1cc(Cl)c(Cl)cc1NCCOCC(F)F. The number of nitrogens with one attached hydrogen (secondary N) is 1. The molecule has 0 saturated heterocycles. The van der Waals surface area contributed by atoms with E-state index in [0.717, 1.165) is 6.07 Å². The lowest BCUT2D eigenvalue weighted by atomic mass is 10.2. The van der Waals surface area contributed by atoms with Crippen LogP contribution in [0.2, 0.25) is 10.0 Å². The Balaban J connectivity index is 2.62. The number of ether oxygens (including phenoxy) is 1. The van der Waals surface area contributed by atoms with Crippen molar-refractivity contribution in [1.29, 1.82) is 0 Å². The van der Waals surface area contributed by atoms with Crippen molar-refractivity contribution >= 4 is 34.6 Å². The molecule has 0 amide bonds. The van der Waals surface area contributed by atoms with Gasteiger partial charge in [-0.25, -0.2) is 8.78 Å². The van der Waals surface area contributed by atoms with Crippen molar-refractivity contribution in [1.82, 2.24) is 0 Å². The number of alkyl halides is 2. The minimum absolute atomic E-state index is 0.0122. The van der Waals surface area contributed by atoms with Gasteiger partial charge in [-0.05, 0) is 6.07 Å². The third-order valence-electron chi connectivity index (χ3n) is 2.04. The number of nitro benzene ring substituents is 1. The molecule has 0 spiro atoms. The van der Waals surface area contributed by atoms with E-state index >= 15 is 0 Å². The van der Waals surface area contributed by atoms with Gasteiger partial charge in [0, 0.05) is 12.6 Å². The fourth-order valence-electron chi connectivity index (χ4n) is 1.26.